The maximum absolute atomic E-state index is 15.2. The lowest BCUT2D eigenvalue weighted by Gasteiger charge is -2.32. The van der Waals surface area contributed by atoms with Crippen LogP contribution in [0, 0.1) is 30.2 Å². The normalized spacial score (nSPS) is 17.6. The Labute approximate surface area is 241 Å². The van der Waals surface area contributed by atoms with Gasteiger partial charge < -0.3 is 10.2 Å². The molecule has 1 fully saturated rings. The van der Waals surface area contributed by atoms with Gasteiger partial charge >= 0.3 is 0 Å². The second kappa shape index (κ2) is 11.9. The molecule has 0 radical (unpaired) electrons. The molecule has 222 valence electrons. The highest BCUT2D eigenvalue weighted by atomic mass is 32.2. The monoisotopic (exact) mass is 601 g/mol. The average molecular weight is 602 g/mol. The lowest BCUT2D eigenvalue weighted by Crippen LogP contribution is -2.36. The van der Waals surface area contributed by atoms with Crippen LogP contribution in [-0.4, -0.2) is 54.4 Å². The molecule has 0 unspecified atom stereocenters. The fourth-order valence-electron chi connectivity index (χ4n) is 5.37. The number of hydrogen-bond acceptors (Lipinski definition) is 7. The third kappa shape index (κ3) is 6.54. The molecular weight excluding hydrogens is 570 g/mol. The van der Waals surface area contributed by atoms with E-state index in [2.05, 4.69) is 39.3 Å². The van der Waals surface area contributed by atoms with Crippen LogP contribution in [0.15, 0.2) is 42.6 Å². The van der Waals surface area contributed by atoms with Gasteiger partial charge in [-0.2, -0.15) is 0 Å². The summed E-state index contributed by atoms with van der Waals surface area (Å²) in [6, 6.07) is 7.70. The van der Waals surface area contributed by atoms with Gasteiger partial charge in [0, 0.05) is 23.2 Å². The molecule has 1 saturated carbocycles. The molecular formula is C30H31F4N5O2S. The molecule has 2 aromatic heterocycles. The largest absolute Gasteiger partial charge is 0.351 e. The Morgan fingerprint density at radius 3 is 2.29 bits per heavy atom. The first-order valence-corrected chi connectivity index (χ1v) is 15.4. The van der Waals surface area contributed by atoms with Crippen molar-refractivity contribution < 1.29 is 26.0 Å². The van der Waals surface area contributed by atoms with Gasteiger partial charge in [-0.3, -0.25) is 0 Å². The van der Waals surface area contributed by atoms with E-state index in [1.807, 2.05) is 0 Å². The molecule has 4 aromatic rings. The fourth-order valence-corrected chi connectivity index (χ4v) is 6.87. The zero-order valence-electron chi connectivity index (χ0n) is 23.5. The summed E-state index contributed by atoms with van der Waals surface area (Å²) in [4.78, 5) is 15.5. The Hall–Kier alpha value is -3.64. The molecule has 0 saturated heterocycles. The summed E-state index contributed by atoms with van der Waals surface area (Å²) in [6.07, 6.45) is 5.59. The number of pyridine rings is 1. The number of benzene rings is 2. The van der Waals surface area contributed by atoms with Gasteiger partial charge in [-0.15, -0.1) is 0 Å². The zero-order chi connectivity index (χ0) is 30.2. The number of fused-ring (bicyclic) bond motifs is 1. The van der Waals surface area contributed by atoms with E-state index in [4.69, 9.17) is 0 Å². The number of rotatable bonds is 8. The zero-order valence-corrected chi connectivity index (χ0v) is 24.3. The Morgan fingerprint density at radius 1 is 0.929 bits per heavy atom. The topological polar surface area (TPSA) is 88.1 Å². The number of anilines is 1. The summed E-state index contributed by atoms with van der Waals surface area (Å²) in [6.45, 7) is 1.73. The summed E-state index contributed by atoms with van der Waals surface area (Å²) in [7, 11) is 0.0613. The molecule has 2 aromatic carbocycles. The van der Waals surface area contributed by atoms with Crippen molar-refractivity contribution in [1.29, 1.82) is 0 Å². The van der Waals surface area contributed by atoms with Crippen LogP contribution < -0.4 is 5.32 Å². The fraction of sp³-hybridized carbons (Fsp3) is 0.367. The van der Waals surface area contributed by atoms with E-state index < -0.39 is 55.7 Å². The van der Waals surface area contributed by atoms with Crippen molar-refractivity contribution >= 4 is 26.8 Å². The molecule has 5 rings (SSSR count). The molecule has 0 aliphatic heterocycles. The van der Waals surface area contributed by atoms with Gasteiger partial charge in [-0.1, -0.05) is 12.1 Å². The van der Waals surface area contributed by atoms with Crippen LogP contribution in [0.1, 0.15) is 42.4 Å². The van der Waals surface area contributed by atoms with Crippen molar-refractivity contribution in [3.05, 3.63) is 82.6 Å². The van der Waals surface area contributed by atoms with Gasteiger partial charge in [0.1, 0.15) is 17.2 Å². The predicted molar refractivity (Wildman–Crippen MR) is 153 cm³/mol. The average Bonchev–Trinajstić information content (AvgIpc) is 2.95. The predicted octanol–water partition coefficient (Wildman–Crippen LogP) is 5.96. The van der Waals surface area contributed by atoms with Crippen molar-refractivity contribution in [1.82, 2.24) is 19.9 Å². The standard InChI is InChI=1S/C30H31F4N5O2S/c1-17-12-25(37-26-14-35-30(38-29(17)26)36-20-8-10-21(11-9-20)39(2)3)22-13-24(32)23(28(34)27(22)33)16-42(40,41)15-18-4-6-19(31)7-5-18/h4-7,12-14,20-21H,8-11,15-16H2,1-3H3,(H,35,36,38). The number of aromatic nitrogens is 3. The Kier molecular flexibility index (Phi) is 8.47. The highest BCUT2D eigenvalue weighted by molar-refractivity contribution is 7.89. The van der Waals surface area contributed by atoms with Crippen LogP contribution in [0.4, 0.5) is 23.5 Å². The van der Waals surface area contributed by atoms with Crippen molar-refractivity contribution in [2.45, 2.75) is 56.2 Å². The van der Waals surface area contributed by atoms with Crippen LogP contribution >= 0.6 is 0 Å². The van der Waals surface area contributed by atoms with Crippen LogP contribution in [-0.2, 0) is 21.3 Å². The molecule has 0 atom stereocenters. The van der Waals surface area contributed by atoms with E-state index in [0.717, 1.165) is 43.9 Å². The SMILES string of the molecule is Cc1cc(-c2cc(F)c(CS(=O)(=O)Cc3ccc(F)cc3)c(F)c2F)nc2cnc(NC3CCC(N(C)C)CC3)nc12. The van der Waals surface area contributed by atoms with Gasteiger partial charge in [-0.25, -0.2) is 40.9 Å². The summed E-state index contributed by atoms with van der Waals surface area (Å²) >= 11 is 0. The molecule has 2 heterocycles. The van der Waals surface area contributed by atoms with Crippen LogP contribution in [0.3, 0.4) is 0 Å². The van der Waals surface area contributed by atoms with E-state index in [0.29, 0.717) is 28.6 Å². The maximum atomic E-state index is 15.2. The number of nitrogens with zero attached hydrogens (tertiary/aromatic N) is 4. The van der Waals surface area contributed by atoms with Gasteiger partial charge in [0.05, 0.1) is 28.9 Å². The highest BCUT2D eigenvalue weighted by Crippen LogP contribution is 2.31. The minimum atomic E-state index is -4.11. The van der Waals surface area contributed by atoms with Crippen molar-refractivity contribution in [3.63, 3.8) is 0 Å². The summed E-state index contributed by atoms with van der Waals surface area (Å²) in [5, 5.41) is 3.38. The number of sulfone groups is 1. The summed E-state index contributed by atoms with van der Waals surface area (Å²) < 4.78 is 83.8. The third-order valence-electron chi connectivity index (χ3n) is 7.69. The van der Waals surface area contributed by atoms with Crippen LogP contribution in [0.2, 0.25) is 0 Å². The van der Waals surface area contributed by atoms with E-state index in [1.165, 1.54) is 24.4 Å². The molecule has 0 spiro atoms. The first-order valence-electron chi connectivity index (χ1n) is 13.6. The van der Waals surface area contributed by atoms with E-state index in [-0.39, 0.29) is 17.3 Å². The van der Waals surface area contributed by atoms with Gasteiger partial charge in [0.25, 0.3) is 0 Å². The number of hydrogen-bond donors (Lipinski definition) is 1. The minimum Gasteiger partial charge on any atom is -0.351 e. The van der Waals surface area contributed by atoms with Crippen molar-refractivity contribution in [3.8, 4) is 11.3 Å². The van der Waals surface area contributed by atoms with E-state index >= 15 is 13.2 Å². The first kappa shape index (κ1) is 29.8. The molecule has 1 N–H and O–H groups in total. The lowest BCUT2D eigenvalue weighted by molar-refractivity contribution is 0.221. The molecule has 12 heteroatoms. The second-order valence-electron chi connectivity index (χ2n) is 11.0. The summed E-state index contributed by atoms with van der Waals surface area (Å²) in [5.74, 6) is -5.99. The quantitative estimate of drug-likeness (QED) is 0.197. The maximum Gasteiger partial charge on any atom is 0.223 e. The third-order valence-corrected chi connectivity index (χ3v) is 9.19. The first-order chi connectivity index (χ1) is 19.9. The van der Waals surface area contributed by atoms with Crippen LogP contribution in [0.5, 0.6) is 0 Å². The van der Waals surface area contributed by atoms with Crippen molar-refractivity contribution in [2.24, 2.45) is 0 Å². The molecule has 42 heavy (non-hydrogen) atoms. The molecule has 0 bridgehead atoms. The van der Waals surface area contributed by atoms with E-state index in [1.54, 1.807) is 6.92 Å². The van der Waals surface area contributed by atoms with Crippen molar-refractivity contribution in [2.75, 3.05) is 19.4 Å². The minimum absolute atomic E-state index is 0.0395. The Bertz CT molecular complexity index is 1720. The molecule has 1 aliphatic rings. The smallest absolute Gasteiger partial charge is 0.223 e. The van der Waals surface area contributed by atoms with Gasteiger partial charge in [0.2, 0.25) is 5.95 Å². The molecule has 0 amide bonds. The summed E-state index contributed by atoms with van der Waals surface area (Å²) in [5.41, 5.74) is 0.276. The Balaban J connectivity index is 1.37. The lowest BCUT2D eigenvalue weighted by atomic mass is 9.91. The molecule has 1 aliphatic carbocycles. The van der Waals surface area contributed by atoms with Gasteiger partial charge in [0.15, 0.2) is 21.5 Å². The number of aryl methyl sites for hydroxylation is 1. The Morgan fingerprint density at radius 2 is 1.62 bits per heavy atom. The van der Waals surface area contributed by atoms with Crippen LogP contribution in [0.25, 0.3) is 22.3 Å². The molecule has 7 nitrogen and oxygen atoms in total. The van der Waals surface area contributed by atoms with Gasteiger partial charge in [-0.05, 0) is 82.1 Å². The van der Waals surface area contributed by atoms with E-state index in [9.17, 15) is 12.8 Å². The second-order valence-corrected chi connectivity index (χ2v) is 13.1. The number of nitrogens with one attached hydrogen (secondary N) is 1. The number of halogens is 4. The highest BCUT2D eigenvalue weighted by Gasteiger charge is 2.26.